The number of benzene rings is 3. The maximum Gasteiger partial charge on any atom is 0.262 e. The van der Waals surface area contributed by atoms with Crippen molar-refractivity contribution in [3.63, 3.8) is 0 Å². The Hall–Kier alpha value is -4.12. The van der Waals surface area contributed by atoms with Gasteiger partial charge in [0.25, 0.3) is 10.0 Å². The first-order chi connectivity index (χ1) is 17.2. The molecular formula is C25H26FNO8S. The standard InChI is InChI=1S/C25H26FNO8S/c1-31-21-9-8-17(14-18(21)26)36(29,30)27-19-10-15(11-20(28)24(19)34-4)6-7-16-12-22(32-2)25(35-5)23(13-16)33-3/h6-14,27-28H,1-5H3/b7-6-. The molecule has 2 N–H and O–H groups in total. The van der Waals surface area contributed by atoms with Crippen molar-refractivity contribution in [2.45, 2.75) is 4.90 Å². The fourth-order valence-electron chi connectivity index (χ4n) is 3.43. The molecule has 0 amide bonds. The highest BCUT2D eigenvalue weighted by atomic mass is 32.2. The van der Waals surface area contributed by atoms with Crippen molar-refractivity contribution in [1.82, 2.24) is 0 Å². The van der Waals surface area contributed by atoms with Crippen LogP contribution in [-0.2, 0) is 10.0 Å². The van der Waals surface area contributed by atoms with E-state index in [9.17, 15) is 17.9 Å². The van der Waals surface area contributed by atoms with Crippen molar-refractivity contribution >= 4 is 27.9 Å². The van der Waals surface area contributed by atoms with Crippen LogP contribution in [0.25, 0.3) is 12.2 Å². The van der Waals surface area contributed by atoms with Crippen LogP contribution in [0.2, 0.25) is 0 Å². The second-order valence-corrected chi connectivity index (χ2v) is 9.00. The highest BCUT2D eigenvalue weighted by Crippen LogP contribution is 2.40. The van der Waals surface area contributed by atoms with Gasteiger partial charge in [0.1, 0.15) is 0 Å². The summed E-state index contributed by atoms with van der Waals surface area (Å²) in [5.41, 5.74) is 1.09. The molecule has 0 atom stereocenters. The summed E-state index contributed by atoms with van der Waals surface area (Å²) >= 11 is 0. The zero-order valence-corrected chi connectivity index (χ0v) is 21.1. The number of anilines is 1. The minimum Gasteiger partial charge on any atom is -0.504 e. The topological polar surface area (TPSA) is 113 Å². The zero-order chi connectivity index (χ0) is 26.5. The first-order valence-corrected chi connectivity index (χ1v) is 11.9. The Morgan fingerprint density at radius 2 is 1.31 bits per heavy atom. The van der Waals surface area contributed by atoms with Gasteiger partial charge in [-0.2, -0.15) is 0 Å². The smallest absolute Gasteiger partial charge is 0.262 e. The van der Waals surface area contributed by atoms with Gasteiger partial charge in [0.2, 0.25) is 5.75 Å². The van der Waals surface area contributed by atoms with Crippen LogP contribution < -0.4 is 28.4 Å². The predicted molar refractivity (Wildman–Crippen MR) is 133 cm³/mol. The van der Waals surface area contributed by atoms with Gasteiger partial charge in [0.05, 0.1) is 46.1 Å². The predicted octanol–water partition coefficient (Wildman–Crippen LogP) is 4.55. The molecule has 0 radical (unpaired) electrons. The lowest BCUT2D eigenvalue weighted by molar-refractivity contribution is 0.324. The molecule has 36 heavy (non-hydrogen) atoms. The summed E-state index contributed by atoms with van der Waals surface area (Å²) in [6, 6.07) is 9.55. The molecule has 0 aliphatic heterocycles. The van der Waals surface area contributed by atoms with Gasteiger partial charge in [-0.1, -0.05) is 12.2 Å². The van der Waals surface area contributed by atoms with E-state index >= 15 is 0 Å². The third-order valence-electron chi connectivity index (χ3n) is 5.13. The van der Waals surface area contributed by atoms with Gasteiger partial charge in [-0.15, -0.1) is 0 Å². The number of phenolic OH excluding ortho intramolecular Hbond substituents is 1. The van der Waals surface area contributed by atoms with E-state index in [4.69, 9.17) is 23.7 Å². The van der Waals surface area contributed by atoms with E-state index < -0.39 is 15.8 Å². The molecule has 0 heterocycles. The van der Waals surface area contributed by atoms with Crippen LogP contribution in [0.3, 0.4) is 0 Å². The van der Waals surface area contributed by atoms with Crippen LogP contribution >= 0.6 is 0 Å². The van der Waals surface area contributed by atoms with Gasteiger partial charge in [0.15, 0.2) is 34.6 Å². The molecule has 0 aromatic heterocycles. The van der Waals surface area contributed by atoms with E-state index in [2.05, 4.69) is 4.72 Å². The van der Waals surface area contributed by atoms with E-state index in [1.54, 1.807) is 24.3 Å². The Kier molecular flexibility index (Phi) is 8.15. The largest absolute Gasteiger partial charge is 0.504 e. The molecule has 0 aliphatic rings. The number of ether oxygens (including phenoxy) is 5. The van der Waals surface area contributed by atoms with Gasteiger partial charge in [0, 0.05) is 0 Å². The summed E-state index contributed by atoms with van der Waals surface area (Å²) in [7, 11) is 2.83. The molecule has 0 unspecified atom stereocenters. The molecule has 0 saturated heterocycles. The highest BCUT2D eigenvalue weighted by molar-refractivity contribution is 7.92. The van der Waals surface area contributed by atoms with E-state index in [1.165, 1.54) is 59.8 Å². The van der Waals surface area contributed by atoms with Crippen molar-refractivity contribution in [3.05, 3.63) is 59.4 Å². The first kappa shape index (κ1) is 26.5. The number of rotatable bonds is 10. The van der Waals surface area contributed by atoms with E-state index in [0.717, 1.165) is 6.07 Å². The third-order valence-corrected chi connectivity index (χ3v) is 6.49. The maximum absolute atomic E-state index is 14.1. The van der Waals surface area contributed by atoms with Crippen molar-refractivity contribution in [3.8, 4) is 34.5 Å². The number of nitrogens with one attached hydrogen (secondary N) is 1. The maximum atomic E-state index is 14.1. The lowest BCUT2D eigenvalue weighted by atomic mass is 10.1. The van der Waals surface area contributed by atoms with Crippen molar-refractivity contribution in [2.75, 3.05) is 40.3 Å². The third kappa shape index (κ3) is 5.57. The van der Waals surface area contributed by atoms with E-state index in [1.807, 2.05) is 0 Å². The quantitative estimate of drug-likeness (QED) is 0.376. The summed E-state index contributed by atoms with van der Waals surface area (Å²) in [5.74, 6) is 0.00961. The molecule has 9 nitrogen and oxygen atoms in total. The fourth-order valence-corrected chi connectivity index (χ4v) is 4.49. The van der Waals surface area contributed by atoms with Crippen LogP contribution in [0.4, 0.5) is 10.1 Å². The number of methoxy groups -OCH3 is 5. The molecule has 3 aromatic carbocycles. The number of halogens is 1. The summed E-state index contributed by atoms with van der Waals surface area (Å²) < 4.78 is 68.3. The van der Waals surface area contributed by atoms with Crippen molar-refractivity contribution in [2.24, 2.45) is 0 Å². The fraction of sp³-hybridized carbons (Fsp3) is 0.200. The minimum atomic E-state index is -4.23. The monoisotopic (exact) mass is 519 g/mol. The summed E-state index contributed by atoms with van der Waals surface area (Å²) in [4.78, 5) is -0.333. The number of phenols is 1. The lowest BCUT2D eigenvalue weighted by Crippen LogP contribution is -2.14. The summed E-state index contributed by atoms with van der Waals surface area (Å²) in [6.45, 7) is 0. The molecular weight excluding hydrogens is 493 g/mol. The molecule has 192 valence electrons. The van der Waals surface area contributed by atoms with Crippen LogP contribution in [-0.4, -0.2) is 49.1 Å². The number of aromatic hydroxyl groups is 1. The van der Waals surface area contributed by atoms with Crippen LogP contribution in [0, 0.1) is 5.82 Å². The van der Waals surface area contributed by atoms with E-state index in [0.29, 0.717) is 28.4 Å². The normalized spacial score (nSPS) is 11.3. The van der Waals surface area contributed by atoms with Gasteiger partial charge in [-0.25, -0.2) is 12.8 Å². The van der Waals surface area contributed by atoms with Crippen LogP contribution in [0.5, 0.6) is 34.5 Å². The van der Waals surface area contributed by atoms with Crippen LogP contribution in [0.1, 0.15) is 11.1 Å². The van der Waals surface area contributed by atoms with Gasteiger partial charge >= 0.3 is 0 Å². The van der Waals surface area contributed by atoms with Crippen molar-refractivity contribution in [1.29, 1.82) is 0 Å². The molecule has 0 spiro atoms. The molecule has 0 bridgehead atoms. The summed E-state index contributed by atoms with van der Waals surface area (Å²) in [5, 5.41) is 10.5. The molecule has 11 heteroatoms. The molecule has 0 saturated carbocycles. The second-order valence-electron chi connectivity index (χ2n) is 7.31. The Morgan fingerprint density at radius 3 is 1.81 bits per heavy atom. The van der Waals surface area contributed by atoms with Gasteiger partial charge < -0.3 is 28.8 Å². The lowest BCUT2D eigenvalue weighted by Gasteiger charge is -2.15. The second kappa shape index (κ2) is 11.1. The Bertz CT molecular complexity index is 1360. The highest BCUT2D eigenvalue weighted by Gasteiger charge is 2.21. The Balaban J connectivity index is 1.99. The number of hydrogen-bond donors (Lipinski definition) is 2. The average molecular weight is 520 g/mol. The van der Waals surface area contributed by atoms with Crippen molar-refractivity contribution < 1.29 is 41.6 Å². The van der Waals surface area contributed by atoms with Gasteiger partial charge in [-0.3, -0.25) is 4.72 Å². The number of sulfonamides is 1. The molecule has 0 fully saturated rings. The number of hydrogen-bond acceptors (Lipinski definition) is 8. The van der Waals surface area contributed by atoms with Crippen LogP contribution in [0.15, 0.2) is 47.4 Å². The summed E-state index contributed by atoms with van der Waals surface area (Å²) in [6.07, 6.45) is 3.35. The Labute approximate surface area is 208 Å². The molecule has 3 aromatic rings. The first-order valence-electron chi connectivity index (χ1n) is 10.4. The van der Waals surface area contributed by atoms with Gasteiger partial charge in [-0.05, 0) is 53.6 Å². The SMILES string of the molecule is COc1ccc(S(=O)(=O)Nc2cc(/C=C\c3cc(OC)c(OC)c(OC)c3)cc(O)c2OC)cc1F. The minimum absolute atomic E-state index is 0.0433. The average Bonchev–Trinajstić information content (AvgIpc) is 2.86. The van der Waals surface area contributed by atoms with E-state index in [-0.39, 0.29) is 27.8 Å². The molecule has 3 rings (SSSR count). The molecule has 0 aliphatic carbocycles. The Morgan fingerprint density at radius 1 is 0.750 bits per heavy atom. The zero-order valence-electron chi connectivity index (χ0n) is 20.3.